The molecule has 0 aliphatic rings. The summed E-state index contributed by atoms with van der Waals surface area (Å²) >= 11 is 0. The van der Waals surface area contributed by atoms with Crippen molar-refractivity contribution in [1.29, 1.82) is 0 Å². The molecule has 18 heavy (non-hydrogen) atoms. The number of aliphatic hydroxyl groups excluding tert-OH is 1. The number of non-ortho nitro benzene ring substituents is 1. The number of hydrogen-bond donors (Lipinski definition) is 1. The van der Waals surface area contributed by atoms with Gasteiger partial charge in [-0.1, -0.05) is 13.3 Å². The van der Waals surface area contributed by atoms with Gasteiger partial charge in [0.1, 0.15) is 5.78 Å². The van der Waals surface area contributed by atoms with Crippen molar-refractivity contribution < 1.29 is 14.8 Å². The lowest BCUT2D eigenvalue weighted by molar-refractivity contribution is -0.384. The molecule has 0 saturated heterocycles. The topological polar surface area (TPSA) is 80.4 Å². The molecule has 0 spiro atoms. The van der Waals surface area contributed by atoms with E-state index in [-0.39, 0.29) is 17.9 Å². The number of benzene rings is 1. The Morgan fingerprint density at radius 1 is 1.39 bits per heavy atom. The molecule has 0 aliphatic carbocycles. The molecule has 1 aromatic carbocycles. The lowest BCUT2D eigenvalue weighted by atomic mass is 10.0. The van der Waals surface area contributed by atoms with Crippen molar-refractivity contribution in [3.63, 3.8) is 0 Å². The molecule has 1 rings (SSSR count). The van der Waals surface area contributed by atoms with E-state index in [2.05, 4.69) is 0 Å². The Kier molecular flexibility index (Phi) is 5.45. The normalized spacial score (nSPS) is 12.1. The number of carbonyl (C=O) groups is 1. The van der Waals surface area contributed by atoms with Gasteiger partial charge in [-0.25, -0.2) is 0 Å². The first kappa shape index (κ1) is 14.3. The summed E-state index contributed by atoms with van der Waals surface area (Å²) in [5.74, 6) is 0.0164. The van der Waals surface area contributed by atoms with E-state index in [0.29, 0.717) is 12.0 Å². The minimum atomic E-state index is -0.879. The maximum absolute atomic E-state index is 11.5. The first-order chi connectivity index (χ1) is 8.54. The Morgan fingerprint density at radius 2 is 2.00 bits per heavy atom. The van der Waals surface area contributed by atoms with Crippen LogP contribution in [0.2, 0.25) is 0 Å². The van der Waals surface area contributed by atoms with Gasteiger partial charge >= 0.3 is 0 Å². The molecule has 0 radical (unpaired) electrons. The third kappa shape index (κ3) is 4.25. The number of hydrogen-bond acceptors (Lipinski definition) is 4. The summed E-state index contributed by atoms with van der Waals surface area (Å²) in [7, 11) is 0. The maximum Gasteiger partial charge on any atom is 0.269 e. The molecule has 5 heteroatoms. The average molecular weight is 251 g/mol. The molecule has 1 aromatic rings. The SMILES string of the molecule is CCCCC(=O)C[C@@H](O)c1ccc([N+](=O)[O-])cc1. The zero-order valence-electron chi connectivity index (χ0n) is 10.3. The van der Waals surface area contributed by atoms with E-state index in [1.807, 2.05) is 6.92 Å². The van der Waals surface area contributed by atoms with Gasteiger partial charge in [-0.3, -0.25) is 14.9 Å². The summed E-state index contributed by atoms with van der Waals surface area (Å²) in [6.07, 6.45) is 1.43. The van der Waals surface area contributed by atoms with E-state index in [1.165, 1.54) is 24.3 Å². The number of ketones is 1. The predicted octanol–water partition coefficient (Wildman–Crippen LogP) is 2.78. The van der Waals surface area contributed by atoms with Gasteiger partial charge in [0.15, 0.2) is 0 Å². The Balaban J connectivity index is 2.58. The summed E-state index contributed by atoms with van der Waals surface area (Å²) in [6, 6.07) is 5.62. The van der Waals surface area contributed by atoms with E-state index in [0.717, 1.165) is 12.8 Å². The molecule has 0 fully saturated rings. The molecule has 0 aliphatic heterocycles. The van der Waals surface area contributed by atoms with Crippen LogP contribution in [0.3, 0.4) is 0 Å². The highest BCUT2D eigenvalue weighted by Crippen LogP contribution is 2.21. The van der Waals surface area contributed by atoms with Crippen LogP contribution in [0.15, 0.2) is 24.3 Å². The van der Waals surface area contributed by atoms with Gasteiger partial charge in [0.05, 0.1) is 11.0 Å². The fourth-order valence-electron chi connectivity index (χ4n) is 1.63. The third-order valence-corrected chi connectivity index (χ3v) is 2.72. The predicted molar refractivity (Wildman–Crippen MR) is 67.2 cm³/mol. The van der Waals surface area contributed by atoms with Crippen LogP contribution < -0.4 is 0 Å². The third-order valence-electron chi connectivity index (χ3n) is 2.72. The zero-order valence-corrected chi connectivity index (χ0v) is 10.3. The second-order valence-corrected chi connectivity index (χ2v) is 4.21. The van der Waals surface area contributed by atoms with Crippen molar-refractivity contribution in [2.75, 3.05) is 0 Å². The van der Waals surface area contributed by atoms with Gasteiger partial charge in [0, 0.05) is 25.0 Å². The van der Waals surface area contributed by atoms with Crippen LogP contribution in [-0.2, 0) is 4.79 Å². The number of aliphatic hydroxyl groups is 1. The van der Waals surface area contributed by atoms with Crippen molar-refractivity contribution >= 4 is 11.5 Å². The highest BCUT2D eigenvalue weighted by Gasteiger charge is 2.14. The largest absolute Gasteiger partial charge is 0.388 e. The molecule has 0 bridgehead atoms. The number of nitro benzene ring substituents is 1. The van der Waals surface area contributed by atoms with Gasteiger partial charge in [-0.2, -0.15) is 0 Å². The summed E-state index contributed by atoms with van der Waals surface area (Å²) in [5.41, 5.74) is 0.508. The lowest BCUT2D eigenvalue weighted by Crippen LogP contribution is -2.06. The van der Waals surface area contributed by atoms with Crippen molar-refractivity contribution in [3.8, 4) is 0 Å². The van der Waals surface area contributed by atoms with Gasteiger partial charge < -0.3 is 5.11 Å². The van der Waals surface area contributed by atoms with Crippen LogP contribution in [0, 0.1) is 10.1 Å². The minimum absolute atomic E-state index is 0.0164. The van der Waals surface area contributed by atoms with E-state index < -0.39 is 11.0 Å². The highest BCUT2D eigenvalue weighted by atomic mass is 16.6. The van der Waals surface area contributed by atoms with Gasteiger partial charge in [-0.15, -0.1) is 0 Å². The molecule has 5 nitrogen and oxygen atoms in total. The molecule has 0 heterocycles. The average Bonchev–Trinajstić information content (AvgIpc) is 2.36. The number of carbonyl (C=O) groups excluding carboxylic acids is 1. The summed E-state index contributed by atoms with van der Waals surface area (Å²) in [6.45, 7) is 2.00. The van der Waals surface area contributed by atoms with Crippen molar-refractivity contribution in [3.05, 3.63) is 39.9 Å². The number of rotatable bonds is 7. The standard InChI is InChI=1S/C13H17NO4/c1-2-3-4-12(15)9-13(16)10-5-7-11(8-6-10)14(17)18/h5-8,13,16H,2-4,9H2,1H3/t13-/m1/s1. The van der Waals surface area contributed by atoms with E-state index in [4.69, 9.17) is 0 Å². The van der Waals surface area contributed by atoms with Crippen LogP contribution in [0.5, 0.6) is 0 Å². The molecule has 98 valence electrons. The van der Waals surface area contributed by atoms with Gasteiger partial charge in [0.25, 0.3) is 5.69 Å². The summed E-state index contributed by atoms with van der Waals surface area (Å²) in [5, 5.41) is 20.3. The second-order valence-electron chi connectivity index (χ2n) is 4.21. The Morgan fingerprint density at radius 3 is 2.50 bits per heavy atom. The Labute approximate surface area is 106 Å². The zero-order chi connectivity index (χ0) is 13.5. The lowest BCUT2D eigenvalue weighted by Gasteiger charge is -2.09. The van der Waals surface area contributed by atoms with E-state index in [1.54, 1.807) is 0 Å². The van der Waals surface area contributed by atoms with E-state index >= 15 is 0 Å². The molecule has 0 unspecified atom stereocenters. The fourth-order valence-corrected chi connectivity index (χ4v) is 1.63. The smallest absolute Gasteiger partial charge is 0.269 e. The van der Waals surface area contributed by atoms with E-state index in [9.17, 15) is 20.0 Å². The number of nitrogens with zero attached hydrogens (tertiary/aromatic N) is 1. The molecule has 0 aromatic heterocycles. The van der Waals surface area contributed by atoms with Crippen molar-refractivity contribution in [1.82, 2.24) is 0 Å². The first-order valence-corrected chi connectivity index (χ1v) is 5.98. The molecule has 1 N–H and O–H groups in total. The van der Waals surface area contributed by atoms with Crippen LogP contribution in [0.1, 0.15) is 44.3 Å². The quantitative estimate of drug-likeness (QED) is 0.596. The van der Waals surface area contributed by atoms with Gasteiger partial charge in [-0.05, 0) is 24.1 Å². The fraction of sp³-hybridized carbons (Fsp3) is 0.462. The highest BCUT2D eigenvalue weighted by molar-refractivity contribution is 5.79. The molecular formula is C13H17NO4. The van der Waals surface area contributed by atoms with Crippen molar-refractivity contribution in [2.24, 2.45) is 0 Å². The summed E-state index contributed by atoms with van der Waals surface area (Å²) in [4.78, 5) is 21.5. The molecular weight excluding hydrogens is 234 g/mol. The monoisotopic (exact) mass is 251 g/mol. The van der Waals surface area contributed by atoms with Crippen LogP contribution in [-0.4, -0.2) is 15.8 Å². The Hall–Kier alpha value is -1.75. The Bertz CT molecular complexity index is 414. The number of Topliss-reactive ketones (excluding diaryl/α,β-unsaturated/α-hetero) is 1. The summed E-state index contributed by atoms with van der Waals surface area (Å²) < 4.78 is 0. The number of nitro groups is 1. The molecule has 0 amide bonds. The van der Waals surface area contributed by atoms with Crippen LogP contribution >= 0.6 is 0 Å². The minimum Gasteiger partial charge on any atom is -0.388 e. The maximum atomic E-state index is 11.5. The van der Waals surface area contributed by atoms with Crippen LogP contribution in [0.25, 0.3) is 0 Å². The second kappa shape index (κ2) is 6.86. The molecule has 1 atom stereocenters. The van der Waals surface area contributed by atoms with Crippen molar-refractivity contribution in [2.45, 2.75) is 38.7 Å². The first-order valence-electron chi connectivity index (χ1n) is 5.98. The van der Waals surface area contributed by atoms with Crippen LogP contribution in [0.4, 0.5) is 5.69 Å². The number of unbranched alkanes of at least 4 members (excludes halogenated alkanes) is 1. The molecule has 0 saturated carbocycles. The van der Waals surface area contributed by atoms with Gasteiger partial charge in [0.2, 0.25) is 0 Å².